The van der Waals surface area contributed by atoms with E-state index in [1.807, 2.05) is 0 Å². The molecule has 0 heterocycles. The molecule has 0 aliphatic carbocycles. The van der Waals surface area contributed by atoms with Crippen molar-refractivity contribution in [1.82, 2.24) is 5.32 Å². The Bertz CT molecular complexity index is 514. The van der Waals surface area contributed by atoms with Gasteiger partial charge >= 0.3 is 18.0 Å². The lowest BCUT2D eigenvalue weighted by Crippen LogP contribution is -2.47. The summed E-state index contributed by atoms with van der Waals surface area (Å²) >= 11 is 1.36. The van der Waals surface area contributed by atoms with Gasteiger partial charge in [0, 0.05) is 11.5 Å². The van der Waals surface area contributed by atoms with Gasteiger partial charge in [-0.1, -0.05) is 0 Å². The van der Waals surface area contributed by atoms with Crippen molar-refractivity contribution in [2.75, 3.05) is 11.5 Å². The Kier molecular flexibility index (Phi) is 9.66. The number of thioether (sulfide) groups is 1. The Hall–Kier alpha value is -1.44. The molecule has 8 heteroatoms. The van der Waals surface area contributed by atoms with Crippen molar-refractivity contribution in [1.29, 1.82) is 0 Å². The highest BCUT2D eigenvalue weighted by molar-refractivity contribution is 7.99. The summed E-state index contributed by atoms with van der Waals surface area (Å²) in [4.78, 5) is 36.1. The molecule has 0 fully saturated rings. The van der Waals surface area contributed by atoms with Crippen LogP contribution in [0.3, 0.4) is 0 Å². The molecule has 0 aromatic heterocycles. The summed E-state index contributed by atoms with van der Waals surface area (Å²) < 4.78 is 15.8. The standard InChI is InChI=1S/C19H35NO6S/c1-17(2,3)24-14(21)10-11-27-12-13(15(22)25-18(4,5)6)20-16(23)26-19(7,8)9/h13H,10-12H2,1-9H3,(H,20,23). The lowest BCUT2D eigenvalue weighted by molar-refractivity contribution is -0.157. The van der Waals surface area contributed by atoms with Gasteiger partial charge in [0.2, 0.25) is 0 Å². The van der Waals surface area contributed by atoms with Gasteiger partial charge < -0.3 is 19.5 Å². The number of amides is 1. The topological polar surface area (TPSA) is 90.9 Å². The highest BCUT2D eigenvalue weighted by atomic mass is 32.2. The van der Waals surface area contributed by atoms with Crippen molar-refractivity contribution >= 4 is 29.8 Å². The number of alkyl carbamates (subject to hydrolysis) is 1. The molecule has 0 aliphatic rings. The van der Waals surface area contributed by atoms with Gasteiger partial charge in [-0.05, 0) is 62.3 Å². The van der Waals surface area contributed by atoms with Crippen LogP contribution in [0.5, 0.6) is 0 Å². The van der Waals surface area contributed by atoms with E-state index in [9.17, 15) is 14.4 Å². The Labute approximate surface area is 167 Å². The summed E-state index contributed by atoms with van der Waals surface area (Å²) in [5, 5.41) is 2.55. The van der Waals surface area contributed by atoms with Crippen molar-refractivity contribution in [3.63, 3.8) is 0 Å². The van der Waals surface area contributed by atoms with Crippen molar-refractivity contribution in [3.05, 3.63) is 0 Å². The molecule has 0 saturated heterocycles. The first-order valence-electron chi connectivity index (χ1n) is 9.00. The maximum atomic E-state index is 12.4. The molecule has 0 rings (SSSR count). The molecule has 0 aromatic rings. The van der Waals surface area contributed by atoms with Gasteiger partial charge in [-0.2, -0.15) is 11.8 Å². The predicted molar refractivity (Wildman–Crippen MR) is 107 cm³/mol. The normalized spacial score (nSPS) is 13.5. The molecule has 0 spiro atoms. The van der Waals surface area contributed by atoms with Crippen molar-refractivity contribution in [3.8, 4) is 0 Å². The average Bonchev–Trinajstić information content (AvgIpc) is 2.35. The van der Waals surface area contributed by atoms with Crippen LogP contribution in [0.15, 0.2) is 0 Å². The van der Waals surface area contributed by atoms with Crippen LogP contribution in [0, 0.1) is 0 Å². The lowest BCUT2D eigenvalue weighted by Gasteiger charge is -2.26. The fourth-order valence-electron chi connectivity index (χ4n) is 1.74. The zero-order valence-electron chi connectivity index (χ0n) is 18.1. The SMILES string of the molecule is CC(C)(C)OC(=O)CCSCC(NC(=O)OC(C)(C)C)C(=O)OC(C)(C)C. The van der Waals surface area contributed by atoms with E-state index >= 15 is 0 Å². The van der Waals surface area contributed by atoms with E-state index in [0.717, 1.165) is 0 Å². The van der Waals surface area contributed by atoms with Gasteiger partial charge in [-0.25, -0.2) is 9.59 Å². The second-order valence-electron chi connectivity index (χ2n) is 9.14. The van der Waals surface area contributed by atoms with Crippen LogP contribution in [0.25, 0.3) is 0 Å². The highest BCUT2D eigenvalue weighted by Gasteiger charge is 2.28. The summed E-state index contributed by atoms with van der Waals surface area (Å²) in [5.41, 5.74) is -1.88. The van der Waals surface area contributed by atoms with Crippen LogP contribution in [-0.2, 0) is 23.8 Å². The van der Waals surface area contributed by atoms with Crippen LogP contribution in [0.4, 0.5) is 4.79 Å². The van der Waals surface area contributed by atoms with Gasteiger partial charge in [-0.3, -0.25) is 4.79 Å². The number of carbonyl (C=O) groups is 3. The first-order chi connectivity index (χ1) is 12.0. The molecule has 1 amide bonds. The van der Waals surface area contributed by atoms with E-state index in [-0.39, 0.29) is 18.1 Å². The molecule has 0 aromatic carbocycles. The third kappa shape index (κ3) is 15.3. The number of esters is 2. The number of nitrogens with one attached hydrogen (secondary N) is 1. The summed E-state index contributed by atoms with van der Waals surface area (Å²) in [6.07, 6.45) is -0.471. The molecule has 0 bridgehead atoms. The first-order valence-corrected chi connectivity index (χ1v) is 10.2. The van der Waals surface area contributed by atoms with Gasteiger partial charge in [0.25, 0.3) is 0 Å². The minimum Gasteiger partial charge on any atom is -0.460 e. The lowest BCUT2D eigenvalue weighted by atomic mass is 10.2. The van der Waals surface area contributed by atoms with Crippen LogP contribution < -0.4 is 5.32 Å². The number of rotatable bonds is 7. The molecule has 158 valence electrons. The first kappa shape index (κ1) is 25.6. The highest BCUT2D eigenvalue weighted by Crippen LogP contribution is 2.15. The van der Waals surface area contributed by atoms with Crippen LogP contribution in [0.2, 0.25) is 0 Å². The third-order valence-corrected chi connectivity index (χ3v) is 3.60. The van der Waals surface area contributed by atoms with Crippen molar-refractivity contribution in [2.24, 2.45) is 0 Å². The fraction of sp³-hybridized carbons (Fsp3) is 0.842. The van der Waals surface area contributed by atoms with Gasteiger partial charge in [0.15, 0.2) is 0 Å². The second kappa shape index (κ2) is 10.2. The fourth-order valence-corrected chi connectivity index (χ4v) is 2.67. The van der Waals surface area contributed by atoms with Crippen LogP contribution in [-0.4, -0.2) is 52.4 Å². The number of hydrogen-bond acceptors (Lipinski definition) is 7. The van der Waals surface area contributed by atoms with Crippen LogP contribution >= 0.6 is 11.8 Å². The maximum Gasteiger partial charge on any atom is 0.408 e. The molecule has 0 radical (unpaired) electrons. The van der Waals surface area contributed by atoms with Gasteiger partial charge in [0.05, 0.1) is 6.42 Å². The maximum absolute atomic E-state index is 12.4. The third-order valence-electron chi connectivity index (χ3n) is 2.54. The molecule has 1 unspecified atom stereocenters. The van der Waals surface area contributed by atoms with Gasteiger partial charge in [-0.15, -0.1) is 0 Å². The average molecular weight is 406 g/mol. The minimum atomic E-state index is -0.872. The Morgan fingerprint density at radius 2 is 1.30 bits per heavy atom. The van der Waals surface area contributed by atoms with E-state index in [2.05, 4.69) is 5.32 Å². The van der Waals surface area contributed by atoms with E-state index in [0.29, 0.717) is 5.75 Å². The van der Waals surface area contributed by atoms with Crippen LogP contribution in [0.1, 0.15) is 68.7 Å². The molecule has 0 saturated carbocycles. The number of carbonyl (C=O) groups excluding carboxylic acids is 3. The second-order valence-corrected chi connectivity index (χ2v) is 10.3. The largest absolute Gasteiger partial charge is 0.460 e. The Balaban J connectivity index is 4.69. The minimum absolute atomic E-state index is 0.218. The monoisotopic (exact) mass is 405 g/mol. The van der Waals surface area contributed by atoms with Crippen molar-refractivity contribution in [2.45, 2.75) is 91.6 Å². The summed E-state index contributed by atoms with van der Waals surface area (Å²) in [6, 6.07) is -0.872. The Morgan fingerprint density at radius 3 is 1.74 bits per heavy atom. The molecule has 1 N–H and O–H groups in total. The molecule has 27 heavy (non-hydrogen) atoms. The molecular weight excluding hydrogens is 370 g/mol. The van der Waals surface area contributed by atoms with E-state index in [4.69, 9.17) is 14.2 Å². The van der Waals surface area contributed by atoms with E-state index in [1.54, 1.807) is 62.3 Å². The van der Waals surface area contributed by atoms with Crippen molar-refractivity contribution < 1.29 is 28.6 Å². The smallest absolute Gasteiger partial charge is 0.408 e. The van der Waals surface area contributed by atoms with Gasteiger partial charge in [0.1, 0.15) is 22.8 Å². The molecule has 0 aliphatic heterocycles. The molecular formula is C19H35NO6S. The summed E-state index contributed by atoms with van der Waals surface area (Å²) in [7, 11) is 0. The Morgan fingerprint density at radius 1 is 0.815 bits per heavy atom. The zero-order valence-corrected chi connectivity index (χ0v) is 18.9. The quantitative estimate of drug-likeness (QED) is 0.392. The summed E-state index contributed by atoms with van der Waals surface area (Å²) in [6.45, 7) is 15.9. The molecule has 1 atom stereocenters. The van der Waals surface area contributed by atoms with E-state index < -0.39 is 34.9 Å². The number of hydrogen-bond donors (Lipinski definition) is 1. The summed E-state index contributed by atoms with van der Waals surface area (Å²) in [5.74, 6) is -0.122. The van der Waals surface area contributed by atoms with E-state index in [1.165, 1.54) is 11.8 Å². The predicted octanol–water partition coefficient (Wildman–Crippen LogP) is 3.69. The zero-order chi connectivity index (χ0) is 21.5. The molecule has 7 nitrogen and oxygen atoms in total. The number of ether oxygens (including phenoxy) is 3.